The number of anilines is 1. The zero-order valence-electron chi connectivity index (χ0n) is 23.2. The van der Waals surface area contributed by atoms with Crippen LogP contribution in [0, 0.1) is 0 Å². The van der Waals surface area contributed by atoms with Crippen molar-refractivity contribution in [3.63, 3.8) is 0 Å². The first-order chi connectivity index (χ1) is 17.7. The third-order valence-corrected chi connectivity index (χ3v) is 7.03. The average molecular weight is 494 g/mol. The van der Waals surface area contributed by atoms with Gasteiger partial charge in [-0.3, -0.25) is 5.32 Å². The minimum Gasteiger partial charge on any atom is -0.410 e. The lowest BCUT2D eigenvalue weighted by Gasteiger charge is -2.15. The van der Waals surface area contributed by atoms with E-state index in [4.69, 9.17) is 4.74 Å². The van der Waals surface area contributed by atoms with Gasteiger partial charge in [0.1, 0.15) is 5.75 Å². The quantitative estimate of drug-likeness (QED) is 0.186. The van der Waals surface area contributed by atoms with E-state index in [0.717, 1.165) is 30.7 Å². The number of hydrogen-bond donors (Lipinski definition) is 1. The number of carbonyl (C=O) groups is 1. The molecule has 0 aliphatic rings. The van der Waals surface area contributed by atoms with Crippen LogP contribution in [0.5, 0.6) is 5.75 Å². The van der Waals surface area contributed by atoms with E-state index >= 15 is 0 Å². The highest BCUT2D eigenvalue weighted by Crippen LogP contribution is 2.27. The van der Waals surface area contributed by atoms with Gasteiger partial charge in [-0.2, -0.15) is 0 Å². The Morgan fingerprint density at radius 1 is 0.611 bits per heavy atom. The summed E-state index contributed by atoms with van der Waals surface area (Å²) in [7, 11) is 0. The minimum absolute atomic E-state index is 0.414. The van der Waals surface area contributed by atoms with Crippen molar-refractivity contribution in [3.8, 4) is 5.75 Å². The first kappa shape index (κ1) is 29.9. The molecule has 0 saturated heterocycles. The number of nitrogens with one attached hydrogen (secondary N) is 1. The molecular weight excluding hydrogens is 442 g/mol. The summed E-state index contributed by atoms with van der Waals surface area (Å²) in [5.41, 5.74) is 3.34. The molecule has 0 saturated carbocycles. The first-order valence-corrected chi connectivity index (χ1v) is 14.9. The van der Waals surface area contributed by atoms with E-state index in [9.17, 15) is 4.79 Å². The van der Waals surface area contributed by atoms with E-state index in [-0.39, 0.29) is 0 Å². The molecule has 0 heterocycles. The van der Waals surface area contributed by atoms with Crippen molar-refractivity contribution in [2.75, 3.05) is 5.32 Å². The van der Waals surface area contributed by atoms with Gasteiger partial charge in [0, 0.05) is 5.69 Å². The van der Waals surface area contributed by atoms with Crippen LogP contribution in [0.2, 0.25) is 0 Å². The van der Waals surface area contributed by atoms with Crippen molar-refractivity contribution in [2.45, 2.75) is 129 Å². The van der Waals surface area contributed by atoms with Crippen LogP contribution in [0.15, 0.2) is 48.5 Å². The number of ether oxygens (including phenoxy) is 1. The van der Waals surface area contributed by atoms with Crippen molar-refractivity contribution in [2.24, 2.45) is 0 Å². The fraction of sp³-hybridized carbons (Fsp3) is 0.606. The molecule has 0 fully saturated rings. The third-order valence-electron chi connectivity index (χ3n) is 7.03. The van der Waals surface area contributed by atoms with Gasteiger partial charge in [0.25, 0.3) is 0 Å². The van der Waals surface area contributed by atoms with Crippen LogP contribution < -0.4 is 10.1 Å². The van der Waals surface area contributed by atoms with Gasteiger partial charge in [0.05, 0.1) is 0 Å². The normalized spacial score (nSPS) is 10.9. The van der Waals surface area contributed by atoms with E-state index in [0.29, 0.717) is 0 Å². The van der Waals surface area contributed by atoms with Gasteiger partial charge in [0.2, 0.25) is 0 Å². The highest BCUT2D eigenvalue weighted by Gasteiger charge is 2.13. The summed E-state index contributed by atoms with van der Waals surface area (Å²) in [5, 5.41) is 2.86. The van der Waals surface area contributed by atoms with E-state index in [1.54, 1.807) is 0 Å². The Morgan fingerprint density at radius 3 is 1.72 bits per heavy atom. The molecular formula is C33H51NO2. The SMILES string of the molecule is CCCCCCCCCCc1cccc(OC(=O)Nc2ccccc2)c1CCCCCCCCCC. The number of unbranched alkanes of at least 4 members (excludes halogenated alkanes) is 14. The summed E-state index contributed by atoms with van der Waals surface area (Å²) in [6.45, 7) is 4.54. The van der Waals surface area contributed by atoms with Gasteiger partial charge >= 0.3 is 6.09 Å². The molecule has 0 spiro atoms. The maximum absolute atomic E-state index is 12.6. The molecule has 0 radical (unpaired) electrons. The van der Waals surface area contributed by atoms with Crippen molar-refractivity contribution in [1.82, 2.24) is 0 Å². The third kappa shape index (κ3) is 13.1. The van der Waals surface area contributed by atoms with E-state index < -0.39 is 6.09 Å². The van der Waals surface area contributed by atoms with Crippen molar-refractivity contribution in [3.05, 3.63) is 59.7 Å². The smallest absolute Gasteiger partial charge is 0.410 e. The summed E-state index contributed by atoms with van der Waals surface area (Å²) in [6, 6.07) is 15.8. The largest absolute Gasteiger partial charge is 0.417 e. The summed E-state index contributed by atoms with van der Waals surface area (Å²) < 4.78 is 5.84. The van der Waals surface area contributed by atoms with Crippen LogP contribution in [0.4, 0.5) is 10.5 Å². The molecule has 0 aromatic heterocycles. The fourth-order valence-electron chi connectivity index (χ4n) is 4.87. The highest BCUT2D eigenvalue weighted by molar-refractivity contribution is 5.86. The Bertz CT molecular complexity index is 818. The lowest BCUT2D eigenvalue weighted by Crippen LogP contribution is -2.18. The molecule has 1 N–H and O–H groups in total. The fourth-order valence-corrected chi connectivity index (χ4v) is 4.87. The second-order valence-corrected chi connectivity index (χ2v) is 10.2. The number of hydrogen-bond acceptors (Lipinski definition) is 2. The Kier molecular flexibility index (Phi) is 16.5. The second kappa shape index (κ2) is 19.8. The van der Waals surface area contributed by atoms with Crippen LogP contribution in [0.3, 0.4) is 0 Å². The lowest BCUT2D eigenvalue weighted by molar-refractivity contribution is 0.214. The highest BCUT2D eigenvalue weighted by atomic mass is 16.6. The number of rotatable bonds is 20. The molecule has 1 amide bonds. The Morgan fingerprint density at radius 2 is 1.14 bits per heavy atom. The summed E-state index contributed by atoms with van der Waals surface area (Å²) in [4.78, 5) is 12.6. The standard InChI is InChI=1S/C33H51NO2/c1-3-5-7-9-11-13-15-18-23-29-24-22-28-32(36-33(35)34-30-25-19-17-20-26-30)31(29)27-21-16-14-12-10-8-6-4-2/h17,19-20,22,24-26,28H,3-16,18,21,23,27H2,1-2H3,(H,34,35). The Labute approximate surface area is 221 Å². The van der Waals surface area contributed by atoms with Gasteiger partial charge in [-0.05, 0) is 55.0 Å². The van der Waals surface area contributed by atoms with Gasteiger partial charge in [-0.25, -0.2) is 4.79 Å². The van der Waals surface area contributed by atoms with Crippen LogP contribution in [-0.4, -0.2) is 6.09 Å². The molecule has 0 aliphatic carbocycles. The van der Waals surface area contributed by atoms with Crippen molar-refractivity contribution >= 4 is 11.8 Å². The predicted molar refractivity (Wildman–Crippen MR) is 155 cm³/mol. The first-order valence-electron chi connectivity index (χ1n) is 14.9. The number of carbonyl (C=O) groups excluding carboxylic acids is 1. The minimum atomic E-state index is -0.414. The average Bonchev–Trinajstić information content (AvgIpc) is 2.89. The molecule has 0 unspecified atom stereocenters. The molecule has 2 aromatic rings. The van der Waals surface area contributed by atoms with Gasteiger partial charge < -0.3 is 4.74 Å². The molecule has 0 aliphatic heterocycles. The van der Waals surface area contributed by atoms with Crippen molar-refractivity contribution < 1.29 is 9.53 Å². The molecule has 2 aromatic carbocycles. The molecule has 3 nitrogen and oxygen atoms in total. The molecule has 0 bridgehead atoms. The number of aryl methyl sites for hydroxylation is 1. The van der Waals surface area contributed by atoms with Crippen LogP contribution >= 0.6 is 0 Å². The van der Waals surface area contributed by atoms with Crippen LogP contribution in [0.25, 0.3) is 0 Å². The summed E-state index contributed by atoms with van der Waals surface area (Å²) in [5.74, 6) is 0.725. The molecule has 200 valence electrons. The monoisotopic (exact) mass is 493 g/mol. The molecule has 0 atom stereocenters. The van der Waals surface area contributed by atoms with E-state index in [1.165, 1.54) is 107 Å². The maximum atomic E-state index is 12.6. The summed E-state index contributed by atoms with van der Waals surface area (Å²) in [6.07, 6.45) is 22.7. The summed E-state index contributed by atoms with van der Waals surface area (Å²) >= 11 is 0. The van der Waals surface area contributed by atoms with Gasteiger partial charge in [-0.1, -0.05) is 134 Å². The zero-order chi connectivity index (χ0) is 25.7. The number of para-hydroxylation sites is 1. The van der Waals surface area contributed by atoms with Crippen LogP contribution in [-0.2, 0) is 12.8 Å². The Balaban J connectivity index is 1.90. The lowest BCUT2D eigenvalue weighted by atomic mass is 9.95. The van der Waals surface area contributed by atoms with Gasteiger partial charge in [-0.15, -0.1) is 0 Å². The second-order valence-electron chi connectivity index (χ2n) is 10.2. The van der Waals surface area contributed by atoms with Crippen molar-refractivity contribution in [1.29, 1.82) is 0 Å². The van der Waals surface area contributed by atoms with Crippen LogP contribution in [0.1, 0.15) is 128 Å². The molecule has 2 rings (SSSR count). The molecule has 3 heteroatoms. The number of amides is 1. The maximum Gasteiger partial charge on any atom is 0.417 e. The number of benzene rings is 2. The Hall–Kier alpha value is -2.29. The van der Waals surface area contributed by atoms with Gasteiger partial charge in [0.15, 0.2) is 0 Å². The molecule has 36 heavy (non-hydrogen) atoms. The topological polar surface area (TPSA) is 38.3 Å². The zero-order valence-corrected chi connectivity index (χ0v) is 23.2. The van der Waals surface area contributed by atoms with E-state index in [1.807, 2.05) is 42.5 Å². The predicted octanol–water partition coefficient (Wildman–Crippen LogP) is 10.7. The van der Waals surface area contributed by atoms with E-state index in [2.05, 4.69) is 25.2 Å².